The lowest BCUT2D eigenvalue weighted by molar-refractivity contribution is 0.126. The van der Waals surface area contributed by atoms with E-state index in [9.17, 15) is 0 Å². The zero-order chi connectivity index (χ0) is 10.1. The number of nitrogens with zero attached hydrogens (tertiary/aromatic N) is 1. The summed E-state index contributed by atoms with van der Waals surface area (Å²) in [4.78, 5) is 5.96. The highest BCUT2D eigenvalue weighted by atomic mass is 15.2. The Morgan fingerprint density at radius 2 is 2.36 bits per heavy atom. The van der Waals surface area contributed by atoms with Gasteiger partial charge >= 0.3 is 0 Å². The van der Waals surface area contributed by atoms with Crippen molar-refractivity contribution in [1.29, 1.82) is 0 Å². The molecule has 2 rings (SSSR count). The Hall–Kier alpha value is -0.760. The molecule has 0 aromatic carbocycles. The van der Waals surface area contributed by atoms with E-state index in [1.165, 1.54) is 24.1 Å². The van der Waals surface area contributed by atoms with Crippen LogP contribution in [-0.2, 0) is 13.0 Å². The van der Waals surface area contributed by atoms with Gasteiger partial charge < -0.3 is 4.98 Å². The summed E-state index contributed by atoms with van der Waals surface area (Å²) in [5, 5.41) is 0. The van der Waals surface area contributed by atoms with E-state index in [0.29, 0.717) is 6.04 Å². The predicted octanol–water partition coefficient (Wildman–Crippen LogP) is 2.56. The van der Waals surface area contributed by atoms with Crippen LogP contribution < -0.4 is 0 Å². The molecule has 1 atom stereocenters. The van der Waals surface area contributed by atoms with Crippen molar-refractivity contribution in [2.75, 3.05) is 0 Å². The molecule has 0 amide bonds. The van der Waals surface area contributed by atoms with E-state index in [-0.39, 0.29) is 0 Å². The quantitative estimate of drug-likeness (QED) is 0.763. The van der Waals surface area contributed by atoms with Crippen LogP contribution >= 0.6 is 0 Å². The molecule has 0 saturated carbocycles. The second kappa shape index (κ2) is 3.77. The van der Waals surface area contributed by atoms with Crippen LogP contribution in [0.5, 0.6) is 0 Å². The van der Waals surface area contributed by atoms with E-state index < -0.39 is 0 Å². The first kappa shape index (κ1) is 9.78. The van der Waals surface area contributed by atoms with Crippen molar-refractivity contribution < 1.29 is 0 Å². The van der Waals surface area contributed by atoms with Gasteiger partial charge in [0.1, 0.15) is 0 Å². The molecule has 78 valence electrons. The van der Waals surface area contributed by atoms with Crippen LogP contribution in [0, 0.1) is 0 Å². The molecule has 1 aromatic rings. The standard InChI is InChI=1S/C12H20N2/c1-4-11-7-12-10(5-6-13-12)8-14(11)9(2)3/h5-6,9,11,13H,4,7-8H2,1-3H3. The first-order chi connectivity index (χ1) is 6.72. The van der Waals surface area contributed by atoms with Crippen LogP contribution in [0.3, 0.4) is 0 Å². The van der Waals surface area contributed by atoms with Crippen LogP contribution in [0.2, 0.25) is 0 Å². The van der Waals surface area contributed by atoms with Crippen LogP contribution in [0.1, 0.15) is 38.4 Å². The number of hydrogen-bond donors (Lipinski definition) is 1. The van der Waals surface area contributed by atoms with Gasteiger partial charge in [0, 0.05) is 36.9 Å². The zero-order valence-corrected chi connectivity index (χ0v) is 9.38. The lowest BCUT2D eigenvalue weighted by Crippen LogP contribution is -2.43. The summed E-state index contributed by atoms with van der Waals surface area (Å²) in [6, 6.07) is 3.60. The molecule has 0 spiro atoms. The minimum absolute atomic E-state index is 0.656. The number of hydrogen-bond acceptors (Lipinski definition) is 1. The molecule has 0 fully saturated rings. The zero-order valence-electron chi connectivity index (χ0n) is 9.38. The molecule has 2 heteroatoms. The second-order valence-corrected chi connectivity index (χ2v) is 4.51. The lowest BCUT2D eigenvalue weighted by Gasteiger charge is -2.38. The molecular formula is C12H20N2. The Labute approximate surface area is 86.3 Å². The highest BCUT2D eigenvalue weighted by Gasteiger charge is 2.26. The maximum atomic E-state index is 3.35. The van der Waals surface area contributed by atoms with Gasteiger partial charge in [-0.25, -0.2) is 0 Å². The molecule has 0 aliphatic carbocycles. The third-order valence-corrected chi connectivity index (χ3v) is 3.33. The van der Waals surface area contributed by atoms with Crippen LogP contribution in [-0.4, -0.2) is 22.0 Å². The largest absolute Gasteiger partial charge is 0.365 e. The van der Waals surface area contributed by atoms with Crippen molar-refractivity contribution in [3.05, 3.63) is 23.5 Å². The Balaban J connectivity index is 2.22. The van der Waals surface area contributed by atoms with Gasteiger partial charge in [0.25, 0.3) is 0 Å². The molecule has 2 nitrogen and oxygen atoms in total. The number of rotatable bonds is 2. The number of H-pyrrole nitrogens is 1. The summed E-state index contributed by atoms with van der Waals surface area (Å²) in [6.45, 7) is 7.99. The topological polar surface area (TPSA) is 19.0 Å². The van der Waals surface area contributed by atoms with Crippen molar-refractivity contribution in [3.63, 3.8) is 0 Å². The molecule has 2 heterocycles. The summed E-state index contributed by atoms with van der Waals surface area (Å²) < 4.78 is 0. The molecular weight excluding hydrogens is 172 g/mol. The Kier molecular flexibility index (Phi) is 2.64. The van der Waals surface area contributed by atoms with Gasteiger partial charge in [-0.1, -0.05) is 6.92 Å². The van der Waals surface area contributed by atoms with Crippen molar-refractivity contribution in [3.8, 4) is 0 Å². The van der Waals surface area contributed by atoms with Crippen molar-refractivity contribution >= 4 is 0 Å². The third kappa shape index (κ3) is 1.59. The average molecular weight is 192 g/mol. The van der Waals surface area contributed by atoms with E-state index in [1.807, 2.05) is 0 Å². The van der Waals surface area contributed by atoms with Gasteiger partial charge in [-0.15, -0.1) is 0 Å². The monoisotopic (exact) mass is 192 g/mol. The van der Waals surface area contributed by atoms with Crippen LogP contribution in [0.25, 0.3) is 0 Å². The number of aromatic nitrogens is 1. The normalized spacial score (nSPS) is 22.7. The van der Waals surface area contributed by atoms with Gasteiger partial charge in [-0.2, -0.15) is 0 Å². The fourth-order valence-corrected chi connectivity index (χ4v) is 2.44. The van der Waals surface area contributed by atoms with E-state index in [4.69, 9.17) is 0 Å². The minimum Gasteiger partial charge on any atom is -0.365 e. The van der Waals surface area contributed by atoms with Gasteiger partial charge in [-0.05, 0) is 31.9 Å². The highest BCUT2D eigenvalue weighted by Crippen LogP contribution is 2.25. The van der Waals surface area contributed by atoms with Crippen molar-refractivity contribution in [2.24, 2.45) is 0 Å². The third-order valence-electron chi connectivity index (χ3n) is 3.33. The summed E-state index contributed by atoms with van der Waals surface area (Å²) in [6.07, 6.45) is 4.51. The van der Waals surface area contributed by atoms with Crippen LogP contribution in [0.15, 0.2) is 12.3 Å². The highest BCUT2D eigenvalue weighted by molar-refractivity contribution is 5.24. The fraction of sp³-hybridized carbons (Fsp3) is 0.667. The summed E-state index contributed by atoms with van der Waals surface area (Å²) in [7, 11) is 0. The Bertz CT molecular complexity index is 301. The Morgan fingerprint density at radius 1 is 1.57 bits per heavy atom. The molecule has 1 N–H and O–H groups in total. The maximum Gasteiger partial charge on any atom is 0.0257 e. The molecule has 1 aliphatic rings. The molecule has 1 aliphatic heterocycles. The summed E-state index contributed by atoms with van der Waals surface area (Å²) >= 11 is 0. The van der Waals surface area contributed by atoms with Crippen LogP contribution in [0.4, 0.5) is 0 Å². The van der Waals surface area contributed by atoms with Gasteiger partial charge in [0.15, 0.2) is 0 Å². The van der Waals surface area contributed by atoms with Gasteiger partial charge in [0.05, 0.1) is 0 Å². The molecule has 1 aromatic heterocycles. The number of nitrogens with one attached hydrogen (secondary N) is 1. The molecule has 0 radical (unpaired) electrons. The van der Waals surface area contributed by atoms with Crippen molar-refractivity contribution in [1.82, 2.24) is 9.88 Å². The fourth-order valence-electron chi connectivity index (χ4n) is 2.44. The van der Waals surface area contributed by atoms with E-state index in [2.05, 4.69) is 42.9 Å². The molecule has 0 saturated heterocycles. The average Bonchev–Trinajstić information content (AvgIpc) is 2.62. The Morgan fingerprint density at radius 3 is 3.00 bits per heavy atom. The molecule has 0 bridgehead atoms. The van der Waals surface area contributed by atoms with E-state index >= 15 is 0 Å². The SMILES string of the molecule is CCC1Cc2[nH]ccc2CN1C(C)C. The number of aromatic amines is 1. The first-order valence-corrected chi connectivity index (χ1v) is 5.63. The van der Waals surface area contributed by atoms with E-state index in [1.54, 1.807) is 0 Å². The van der Waals surface area contributed by atoms with E-state index in [0.717, 1.165) is 12.6 Å². The van der Waals surface area contributed by atoms with Gasteiger partial charge in [0.2, 0.25) is 0 Å². The first-order valence-electron chi connectivity index (χ1n) is 5.63. The van der Waals surface area contributed by atoms with Crippen molar-refractivity contribution in [2.45, 2.75) is 52.2 Å². The predicted molar refractivity (Wildman–Crippen MR) is 59.3 cm³/mol. The summed E-state index contributed by atoms with van der Waals surface area (Å²) in [5.41, 5.74) is 2.94. The van der Waals surface area contributed by atoms with Gasteiger partial charge in [-0.3, -0.25) is 4.90 Å². The molecule has 14 heavy (non-hydrogen) atoms. The maximum absolute atomic E-state index is 3.35. The second-order valence-electron chi connectivity index (χ2n) is 4.51. The molecule has 1 unspecified atom stereocenters. The minimum atomic E-state index is 0.656. The lowest BCUT2D eigenvalue weighted by atomic mass is 9.97. The smallest absolute Gasteiger partial charge is 0.0257 e. The number of fused-ring (bicyclic) bond motifs is 1. The summed E-state index contributed by atoms with van der Waals surface area (Å²) in [5.74, 6) is 0.